The predicted molar refractivity (Wildman–Crippen MR) is 130 cm³/mol. The van der Waals surface area contributed by atoms with E-state index in [1.807, 2.05) is 13.8 Å². The van der Waals surface area contributed by atoms with Gasteiger partial charge in [-0.05, 0) is 87.9 Å². The molecule has 0 amide bonds. The highest BCUT2D eigenvalue weighted by Gasteiger charge is 2.50. The van der Waals surface area contributed by atoms with Gasteiger partial charge in [-0.3, -0.25) is 9.59 Å². The topological polar surface area (TPSA) is 52.6 Å². The number of carbonyl (C=O) groups is 2. The molecule has 0 aromatic carbocycles. The molecule has 0 N–H and O–H groups in total. The number of hydrogen-bond acceptors (Lipinski definition) is 4. The lowest BCUT2D eigenvalue weighted by atomic mass is 9.55. The summed E-state index contributed by atoms with van der Waals surface area (Å²) >= 11 is 0. The normalized spacial score (nSPS) is 37.0. The summed E-state index contributed by atoms with van der Waals surface area (Å²) in [6.45, 7) is 15.3. The fourth-order valence-electron chi connectivity index (χ4n) is 6.60. The average molecular weight is 451 g/mol. The Balaban J connectivity index is 0.00000363. The zero-order valence-corrected chi connectivity index (χ0v) is 21.0. The van der Waals surface area contributed by atoms with Gasteiger partial charge in [0.15, 0.2) is 0 Å². The number of hydrogen-bond donors (Lipinski definition) is 0. The number of rotatable bonds is 6. The van der Waals surface area contributed by atoms with E-state index >= 15 is 0 Å². The lowest BCUT2D eigenvalue weighted by Gasteiger charge is -2.53. The summed E-state index contributed by atoms with van der Waals surface area (Å²) in [6, 6.07) is 0. The average Bonchev–Trinajstić information content (AvgIpc) is 2.66. The molecular weight excluding hydrogens is 400 g/mol. The van der Waals surface area contributed by atoms with E-state index in [2.05, 4.69) is 34.6 Å². The van der Waals surface area contributed by atoms with Crippen molar-refractivity contribution < 1.29 is 19.1 Å². The van der Waals surface area contributed by atoms with Crippen LogP contribution in [0.2, 0.25) is 0 Å². The molecule has 3 rings (SSSR count). The third kappa shape index (κ3) is 6.29. The molecule has 0 aromatic rings. The third-order valence-corrected chi connectivity index (χ3v) is 8.76. The quantitative estimate of drug-likeness (QED) is 0.402. The van der Waals surface area contributed by atoms with Crippen molar-refractivity contribution >= 4 is 11.9 Å². The minimum absolute atomic E-state index is 0. The molecule has 0 aromatic heterocycles. The molecule has 4 heteroatoms. The molecular formula is C28H50O4. The zero-order chi connectivity index (χ0) is 23.0. The highest BCUT2D eigenvalue weighted by Crippen LogP contribution is 2.54. The first kappa shape index (κ1) is 27.2. The van der Waals surface area contributed by atoms with Crippen molar-refractivity contribution in [3.05, 3.63) is 0 Å². The Kier molecular flexibility index (Phi) is 8.89. The lowest BCUT2D eigenvalue weighted by molar-refractivity contribution is -0.177. The summed E-state index contributed by atoms with van der Waals surface area (Å²) in [7, 11) is 0. The highest BCUT2D eigenvalue weighted by molar-refractivity contribution is 5.76. The van der Waals surface area contributed by atoms with Gasteiger partial charge < -0.3 is 9.47 Å². The van der Waals surface area contributed by atoms with E-state index < -0.39 is 5.41 Å². The van der Waals surface area contributed by atoms with Crippen LogP contribution in [0.15, 0.2) is 0 Å². The Morgan fingerprint density at radius 3 is 2.47 bits per heavy atom. The molecule has 7 atom stereocenters. The van der Waals surface area contributed by atoms with E-state index in [9.17, 15) is 9.59 Å². The van der Waals surface area contributed by atoms with Gasteiger partial charge in [0.05, 0.1) is 5.41 Å². The van der Waals surface area contributed by atoms with E-state index in [1.54, 1.807) is 0 Å². The first-order valence-corrected chi connectivity index (χ1v) is 12.8. The fraction of sp³-hybridized carbons (Fsp3) is 0.929. The number of fused-ring (bicyclic) bond motifs is 1. The molecule has 1 heterocycles. The molecule has 0 spiro atoms. The van der Waals surface area contributed by atoms with Gasteiger partial charge in [0.2, 0.25) is 0 Å². The van der Waals surface area contributed by atoms with Crippen LogP contribution in [0.4, 0.5) is 0 Å². The second-order valence-electron chi connectivity index (χ2n) is 12.5. The van der Waals surface area contributed by atoms with E-state index in [-0.39, 0.29) is 37.0 Å². The summed E-state index contributed by atoms with van der Waals surface area (Å²) < 4.78 is 12.0. The molecule has 3 fully saturated rings. The maximum absolute atomic E-state index is 13.0. The summed E-state index contributed by atoms with van der Waals surface area (Å²) in [5.74, 6) is 2.57. The van der Waals surface area contributed by atoms with Crippen LogP contribution < -0.4 is 0 Å². The molecule has 0 bridgehead atoms. The van der Waals surface area contributed by atoms with Crippen LogP contribution in [-0.2, 0) is 19.1 Å². The predicted octanol–water partition coefficient (Wildman–Crippen LogP) is 7.19. The van der Waals surface area contributed by atoms with Crippen molar-refractivity contribution in [3.63, 3.8) is 0 Å². The molecule has 2 aliphatic carbocycles. The van der Waals surface area contributed by atoms with E-state index in [4.69, 9.17) is 9.47 Å². The van der Waals surface area contributed by atoms with Crippen molar-refractivity contribution in [2.24, 2.45) is 40.4 Å². The number of ether oxygens (including phenoxy) is 2. The molecule has 32 heavy (non-hydrogen) atoms. The van der Waals surface area contributed by atoms with Crippen molar-refractivity contribution in [1.82, 2.24) is 0 Å². The number of esters is 2. The molecule has 4 nitrogen and oxygen atoms in total. The van der Waals surface area contributed by atoms with Crippen LogP contribution >= 0.6 is 0 Å². The molecule has 1 aliphatic heterocycles. The van der Waals surface area contributed by atoms with Gasteiger partial charge in [0, 0.05) is 12.3 Å². The van der Waals surface area contributed by atoms with Crippen LogP contribution in [0, 0.1) is 40.4 Å². The molecule has 1 saturated heterocycles. The van der Waals surface area contributed by atoms with Gasteiger partial charge in [-0.15, -0.1) is 0 Å². The van der Waals surface area contributed by atoms with Gasteiger partial charge >= 0.3 is 11.9 Å². The van der Waals surface area contributed by atoms with E-state index in [0.29, 0.717) is 36.0 Å². The van der Waals surface area contributed by atoms with Crippen LogP contribution in [0.25, 0.3) is 0 Å². The lowest BCUT2D eigenvalue weighted by Crippen LogP contribution is -2.50. The summed E-state index contributed by atoms with van der Waals surface area (Å²) in [6.07, 6.45) is 9.09. The van der Waals surface area contributed by atoms with Crippen LogP contribution in [0.1, 0.15) is 114 Å². The molecule has 3 aliphatic rings. The largest absolute Gasteiger partial charge is 0.462 e. The highest BCUT2D eigenvalue weighted by atomic mass is 16.5. The zero-order valence-electron chi connectivity index (χ0n) is 21.0. The third-order valence-electron chi connectivity index (χ3n) is 8.76. The second kappa shape index (κ2) is 10.5. The second-order valence-corrected chi connectivity index (χ2v) is 12.5. The maximum Gasteiger partial charge on any atom is 0.311 e. The monoisotopic (exact) mass is 450 g/mol. The van der Waals surface area contributed by atoms with Crippen molar-refractivity contribution in [3.8, 4) is 0 Å². The summed E-state index contributed by atoms with van der Waals surface area (Å²) in [5, 5.41) is 0. The molecule has 0 unspecified atom stereocenters. The van der Waals surface area contributed by atoms with Gasteiger partial charge in [-0.2, -0.15) is 0 Å². The van der Waals surface area contributed by atoms with Gasteiger partial charge in [-0.1, -0.05) is 48.5 Å². The standard InChI is InChI=1S/C27H46O4.CH4/c1-8-27(6,7)25(29)31-22-16-26(4,5)15-19-10-9-18(3)21(24(19)22)12-11-20-13-17(2)14-23(28)30-20;/h17-22,24H,8-16H2,1-7H3;1H4/t17-,18+,19+,20-,21+,22+,24+;/m1./s1. The van der Waals surface area contributed by atoms with Crippen molar-refractivity contribution in [2.45, 2.75) is 126 Å². The Hall–Kier alpha value is -1.06. The summed E-state index contributed by atoms with van der Waals surface area (Å²) in [5.41, 5.74) is -0.221. The van der Waals surface area contributed by atoms with Gasteiger partial charge in [-0.25, -0.2) is 0 Å². The molecule has 2 saturated carbocycles. The Morgan fingerprint density at radius 1 is 1.16 bits per heavy atom. The Labute approximate surface area is 197 Å². The van der Waals surface area contributed by atoms with Gasteiger partial charge in [0.1, 0.15) is 12.2 Å². The van der Waals surface area contributed by atoms with Crippen LogP contribution in [0.3, 0.4) is 0 Å². The van der Waals surface area contributed by atoms with Crippen molar-refractivity contribution in [2.75, 3.05) is 0 Å². The van der Waals surface area contributed by atoms with Crippen molar-refractivity contribution in [1.29, 1.82) is 0 Å². The maximum atomic E-state index is 13.0. The molecule has 0 radical (unpaired) electrons. The summed E-state index contributed by atoms with van der Waals surface area (Å²) in [4.78, 5) is 25.0. The van der Waals surface area contributed by atoms with Crippen LogP contribution in [0.5, 0.6) is 0 Å². The van der Waals surface area contributed by atoms with E-state index in [0.717, 1.165) is 32.1 Å². The number of carbonyl (C=O) groups excluding carboxylic acids is 2. The minimum Gasteiger partial charge on any atom is -0.462 e. The number of cyclic esters (lactones) is 1. The fourth-order valence-corrected chi connectivity index (χ4v) is 6.60. The smallest absolute Gasteiger partial charge is 0.311 e. The Morgan fingerprint density at radius 2 is 1.84 bits per heavy atom. The molecule has 186 valence electrons. The minimum atomic E-state index is -0.431. The van der Waals surface area contributed by atoms with Crippen LogP contribution in [-0.4, -0.2) is 24.1 Å². The SMILES string of the molecule is C.CCC(C)(C)C(=O)O[C@H]1CC(C)(C)C[C@@H]2CC[C@H](C)[C@H](CC[C@@H]3C[C@@H](C)CC(=O)O3)[C@H]21. The first-order chi connectivity index (χ1) is 14.4. The first-order valence-electron chi connectivity index (χ1n) is 12.8. The van der Waals surface area contributed by atoms with Gasteiger partial charge in [0.25, 0.3) is 0 Å². The Bertz CT molecular complexity index is 652. The van der Waals surface area contributed by atoms with E-state index in [1.165, 1.54) is 19.3 Å².